The first kappa shape index (κ1) is 24.5. The summed E-state index contributed by atoms with van der Waals surface area (Å²) in [5.74, 6) is 0.195. The van der Waals surface area contributed by atoms with Gasteiger partial charge in [-0.25, -0.2) is 4.79 Å². The highest BCUT2D eigenvalue weighted by molar-refractivity contribution is 9.10. The van der Waals surface area contributed by atoms with Gasteiger partial charge < -0.3 is 24.4 Å². The summed E-state index contributed by atoms with van der Waals surface area (Å²) in [6.45, 7) is 5.84. The summed E-state index contributed by atoms with van der Waals surface area (Å²) in [7, 11) is 1.57. The molecule has 4 aromatic rings. The third kappa shape index (κ3) is 4.21. The van der Waals surface area contributed by atoms with Crippen LogP contribution >= 0.6 is 15.9 Å². The Bertz CT molecular complexity index is 1660. The molecule has 2 N–H and O–H groups in total. The molecular weight excluding hydrogens is 536 g/mol. The highest BCUT2D eigenvalue weighted by Gasteiger charge is 2.33. The lowest BCUT2D eigenvalue weighted by atomic mass is 9.83. The average molecular weight is 559 g/mol. The lowest BCUT2D eigenvalue weighted by Gasteiger charge is -2.27. The fraction of sp³-hybridized carbons (Fsp3) is 0.172. The average Bonchev–Trinajstić information content (AvgIpc) is 3.18. The van der Waals surface area contributed by atoms with Gasteiger partial charge in [0.25, 0.3) is 0 Å². The first-order chi connectivity index (χ1) is 17.7. The minimum atomic E-state index is -0.619. The lowest BCUT2D eigenvalue weighted by molar-refractivity contribution is 0.0702. The Labute approximate surface area is 222 Å². The van der Waals surface area contributed by atoms with Gasteiger partial charge in [-0.1, -0.05) is 22.0 Å². The number of furan rings is 1. The molecule has 0 saturated carbocycles. The molecule has 1 unspecified atom stereocenters. The highest BCUT2D eigenvalue weighted by atomic mass is 79.9. The van der Waals surface area contributed by atoms with Crippen LogP contribution in [0.2, 0.25) is 0 Å². The molecule has 1 atom stereocenters. The van der Waals surface area contributed by atoms with Crippen molar-refractivity contribution < 1.29 is 23.4 Å². The van der Waals surface area contributed by atoms with Crippen molar-refractivity contribution in [1.82, 2.24) is 0 Å². The second kappa shape index (κ2) is 9.34. The molecule has 1 aromatic heterocycles. The second-order valence-electron chi connectivity index (χ2n) is 8.89. The number of nitrogens with zero attached hydrogens (tertiary/aromatic N) is 1. The van der Waals surface area contributed by atoms with Gasteiger partial charge in [0.2, 0.25) is 11.6 Å². The van der Waals surface area contributed by atoms with Gasteiger partial charge in [0, 0.05) is 32.6 Å². The van der Waals surface area contributed by atoms with Crippen LogP contribution in [-0.2, 0) is 0 Å². The fourth-order valence-corrected chi connectivity index (χ4v) is 4.95. The summed E-state index contributed by atoms with van der Waals surface area (Å²) in [4.78, 5) is 13.1. The Morgan fingerprint density at radius 3 is 2.54 bits per heavy atom. The maximum Gasteiger partial charge on any atom is 0.379 e. The molecular formula is C29H23BrN2O5. The molecule has 37 heavy (non-hydrogen) atoms. The number of halogens is 1. The predicted octanol–water partition coefficient (Wildman–Crippen LogP) is 6.57. The number of hydrogen-bond donors (Lipinski definition) is 1. The normalized spacial score (nSPS) is 14.6. The largest absolute Gasteiger partial charge is 0.496 e. The summed E-state index contributed by atoms with van der Waals surface area (Å²) in [6.07, 6.45) is 0. The second-order valence-corrected chi connectivity index (χ2v) is 9.80. The number of rotatable bonds is 4. The molecule has 0 saturated heterocycles. The van der Waals surface area contributed by atoms with E-state index in [1.54, 1.807) is 25.3 Å². The molecule has 3 aromatic carbocycles. The number of carbonyl (C=O) groups is 1. The zero-order chi connectivity index (χ0) is 26.4. The van der Waals surface area contributed by atoms with Crippen molar-refractivity contribution in [3.63, 3.8) is 0 Å². The van der Waals surface area contributed by atoms with Gasteiger partial charge in [0.15, 0.2) is 0 Å². The zero-order valence-electron chi connectivity index (χ0n) is 20.6. The van der Waals surface area contributed by atoms with Gasteiger partial charge in [0.05, 0.1) is 13.0 Å². The van der Waals surface area contributed by atoms with Gasteiger partial charge in [-0.2, -0.15) is 5.26 Å². The number of hydrogen-bond acceptors (Lipinski definition) is 7. The van der Waals surface area contributed by atoms with Gasteiger partial charge in [-0.3, -0.25) is 0 Å². The molecule has 1 aliphatic heterocycles. The van der Waals surface area contributed by atoms with Gasteiger partial charge in [-0.15, -0.1) is 0 Å². The Kier molecular flexibility index (Phi) is 6.18. The molecule has 8 heteroatoms. The van der Waals surface area contributed by atoms with E-state index in [2.05, 4.69) is 22.0 Å². The van der Waals surface area contributed by atoms with E-state index in [0.717, 1.165) is 26.5 Å². The van der Waals surface area contributed by atoms with Crippen molar-refractivity contribution >= 4 is 32.9 Å². The van der Waals surface area contributed by atoms with E-state index in [-0.39, 0.29) is 23.0 Å². The van der Waals surface area contributed by atoms with Crippen LogP contribution in [0, 0.1) is 32.1 Å². The minimum Gasteiger partial charge on any atom is -0.496 e. The van der Waals surface area contributed by atoms with Crippen molar-refractivity contribution in [2.24, 2.45) is 5.73 Å². The lowest BCUT2D eigenvalue weighted by Crippen LogP contribution is -2.21. The summed E-state index contributed by atoms with van der Waals surface area (Å²) in [5, 5.41) is 10.7. The smallest absolute Gasteiger partial charge is 0.379 e. The Morgan fingerprint density at radius 2 is 1.81 bits per heavy atom. The topological polar surface area (TPSA) is 108 Å². The van der Waals surface area contributed by atoms with Crippen LogP contribution in [0.1, 0.15) is 44.3 Å². The Morgan fingerprint density at radius 1 is 1.05 bits per heavy atom. The third-order valence-corrected chi connectivity index (χ3v) is 7.14. The first-order valence-corrected chi connectivity index (χ1v) is 12.3. The number of esters is 1. The van der Waals surface area contributed by atoms with Crippen molar-refractivity contribution in [2.75, 3.05) is 7.11 Å². The molecule has 0 aliphatic carbocycles. The molecule has 0 bridgehead atoms. The SMILES string of the molecule is COc1ccc(Br)cc1C1C(C#N)=C(N)Oc2cc(OC(=O)c3oc4cc(C)c(C)cc4c3C)ccc21. The number of benzene rings is 3. The molecule has 1 aliphatic rings. The maximum absolute atomic E-state index is 13.1. The van der Waals surface area contributed by atoms with Gasteiger partial charge in [0.1, 0.15) is 34.5 Å². The monoisotopic (exact) mass is 558 g/mol. The van der Waals surface area contributed by atoms with Gasteiger partial charge >= 0.3 is 5.97 Å². The van der Waals surface area contributed by atoms with Crippen LogP contribution in [0.15, 0.2) is 68.9 Å². The van der Waals surface area contributed by atoms with Crippen LogP contribution < -0.4 is 19.9 Å². The Hall–Kier alpha value is -4.22. The van der Waals surface area contributed by atoms with Crippen LogP contribution in [0.4, 0.5) is 0 Å². The molecule has 5 rings (SSSR count). The van der Waals surface area contributed by atoms with Crippen molar-refractivity contribution in [1.29, 1.82) is 5.26 Å². The van der Waals surface area contributed by atoms with Crippen molar-refractivity contribution in [2.45, 2.75) is 26.7 Å². The maximum atomic E-state index is 13.1. The minimum absolute atomic E-state index is 0.0237. The third-order valence-electron chi connectivity index (χ3n) is 6.64. The number of methoxy groups -OCH3 is 1. The van der Waals surface area contributed by atoms with E-state index in [4.69, 9.17) is 24.4 Å². The number of fused-ring (bicyclic) bond motifs is 2. The molecule has 0 fully saturated rings. The van der Waals surface area contributed by atoms with Crippen LogP contribution in [0.5, 0.6) is 17.2 Å². The number of nitrogens with two attached hydrogens (primary N) is 1. The summed E-state index contributed by atoms with van der Waals surface area (Å²) in [6, 6.07) is 16.6. The van der Waals surface area contributed by atoms with E-state index in [9.17, 15) is 10.1 Å². The van der Waals surface area contributed by atoms with Crippen LogP contribution in [-0.4, -0.2) is 13.1 Å². The van der Waals surface area contributed by atoms with E-state index in [0.29, 0.717) is 28.2 Å². The Balaban J connectivity index is 1.52. The van der Waals surface area contributed by atoms with E-state index >= 15 is 0 Å². The number of aryl methyl sites for hydroxylation is 3. The zero-order valence-corrected chi connectivity index (χ0v) is 22.2. The number of ether oxygens (including phenoxy) is 3. The number of allylic oxidation sites excluding steroid dienone is 1. The summed E-state index contributed by atoms with van der Waals surface area (Å²) < 4.78 is 23.7. The predicted molar refractivity (Wildman–Crippen MR) is 142 cm³/mol. The number of nitriles is 1. The molecule has 186 valence electrons. The van der Waals surface area contributed by atoms with Crippen LogP contribution in [0.25, 0.3) is 11.0 Å². The summed E-state index contributed by atoms with van der Waals surface area (Å²) >= 11 is 3.49. The van der Waals surface area contributed by atoms with Gasteiger partial charge in [-0.05, 0) is 68.3 Å². The molecule has 0 amide bonds. The quantitative estimate of drug-likeness (QED) is 0.223. The van der Waals surface area contributed by atoms with Crippen molar-refractivity contribution in [3.8, 4) is 23.3 Å². The van der Waals surface area contributed by atoms with Crippen molar-refractivity contribution in [3.05, 3.63) is 98.0 Å². The molecule has 0 radical (unpaired) electrons. The van der Waals surface area contributed by atoms with Crippen LogP contribution in [0.3, 0.4) is 0 Å². The number of carbonyl (C=O) groups excluding carboxylic acids is 1. The summed E-state index contributed by atoms with van der Waals surface area (Å²) in [5.41, 5.74) is 11.4. The van der Waals surface area contributed by atoms with E-state index in [1.807, 2.05) is 51.1 Å². The first-order valence-electron chi connectivity index (χ1n) is 11.5. The fourth-order valence-electron chi connectivity index (χ4n) is 4.57. The van der Waals surface area contributed by atoms with E-state index < -0.39 is 11.9 Å². The molecule has 2 heterocycles. The highest BCUT2D eigenvalue weighted by Crippen LogP contribution is 2.46. The van der Waals surface area contributed by atoms with E-state index in [1.165, 1.54) is 0 Å². The standard InChI is InChI=1S/C29H23BrN2O5/c1-14-9-20-16(3)27(36-24(20)10-15(14)2)29(33)35-18-6-7-19-25(12-18)37-28(32)22(13-31)26(19)21-11-17(30)5-8-23(21)34-4/h5-12,26H,32H2,1-4H3. The molecule has 7 nitrogen and oxygen atoms in total. The molecule has 0 spiro atoms.